The summed E-state index contributed by atoms with van der Waals surface area (Å²) in [6.07, 6.45) is 5.44. The Hall–Kier alpha value is -2.25. The van der Waals surface area contributed by atoms with E-state index in [-0.39, 0.29) is 0 Å². The van der Waals surface area contributed by atoms with Gasteiger partial charge in [-0.15, -0.1) is 10.2 Å². The Bertz CT molecular complexity index is 960. The van der Waals surface area contributed by atoms with E-state index in [4.69, 9.17) is 16.0 Å². The molecule has 0 unspecified atom stereocenters. The Morgan fingerprint density at radius 1 is 1.22 bits per heavy atom. The van der Waals surface area contributed by atoms with Gasteiger partial charge in [-0.25, -0.2) is 4.98 Å². The number of hydrogen-bond donors (Lipinski definition) is 0. The second-order valence-corrected chi connectivity index (χ2v) is 6.36. The number of aromatic nitrogens is 5. The van der Waals surface area contributed by atoms with Gasteiger partial charge in [-0.05, 0) is 24.3 Å². The van der Waals surface area contributed by atoms with E-state index >= 15 is 0 Å². The smallest absolute Gasteiger partial charge is 0.200 e. The molecule has 0 aliphatic carbocycles. The number of nitrogens with zero attached hydrogens (tertiary/aromatic N) is 5. The molecule has 0 bridgehead atoms. The third-order valence-corrected chi connectivity index (χ3v) is 4.67. The summed E-state index contributed by atoms with van der Waals surface area (Å²) >= 11 is 7.57. The molecule has 0 aromatic carbocycles. The molecule has 0 N–H and O–H groups in total. The standard InChI is InChI=1S/C15H12ClN5OS/c1-20-14(12-3-2-6-22-12)18-19-15(20)23-9-11-8-21-7-10(16)4-5-13(21)17-11/h2-8H,9H2,1H3. The molecule has 0 radical (unpaired) electrons. The Balaban J connectivity index is 1.54. The number of fused-ring (bicyclic) bond motifs is 1. The van der Waals surface area contributed by atoms with E-state index < -0.39 is 0 Å². The van der Waals surface area contributed by atoms with Crippen molar-refractivity contribution in [2.75, 3.05) is 0 Å². The van der Waals surface area contributed by atoms with Crippen LogP contribution in [-0.4, -0.2) is 24.1 Å². The minimum Gasteiger partial charge on any atom is -0.461 e. The van der Waals surface area contributed by atoms with Gasteiger partial charge >= 0.3 is 0 Å². The molecule has 4 rings (SSSR count). The van der Waals surface area contributed by atoms with Crippen LogP contribution in [0.3, 0.4) is 0 Å². The lowest BCUT2D eigenvalue weighted by Gasteiger charge is -2.00. The highest BCUT2D eigenvalue weighted by atomic mass is 35.5. The number of thioether (sulfide) groups is 1. The Labute approximate surface area is 141 Å². The molecule has 4 aromatic heterocycles. The Kier molecular flexibility index (Phi) is 3.59. The number of pyridine rings is 1. The van der Waals surface area contributed by atoms with E-state index in [0.29, 0.717) is 22.4 Å². The minimum atomic E-state index is 0.686. The molecular weight excluding hydrogens is 334 g/mol. The van der Waals surface area contributed by atoms with E-state index in [2.05, 4.69) is 15.2 Å². The Morgan fingerprint density at radius 2 is 2.13 bits per heavy atom. The van der Waals surface area contributed by atoms with Crippen molar-refractivity contribution in [2.24, 2.45) is 7.05 Å². The van der Waals surface area contributed by atoms with Crippen LogP contribution in [0.25, 0.3) is 17.2 Å². The molecule has 8 heteroatoms. The van der Waals surface area contributed by atoms with Crippen molar-refractivity contribution < 1.29 is 4.42 Å². The maximum Gasteiger partial charge on any atom is 0.200 e. The summed E-state index contributed by atoms with van der Waals surface area (Å²) in [5, 5.41) is 9.89. The molecule has 4 heterocycles. The molecule has 0 aliphatic rings. The second-order valence-electron chi connectivity index (χ2n) is 4.98. The molecule has 116 valence electrons. The number of rotatable bonds is 4. The van der Waals surface area contributed by atoms with Gasteiger partial charge in [-0.1, -0.05) is 23.4 Å². The fourth-order valence-electron chi connectivity index (χ4n) is 2.29. The fraction of sp³-hybridized carbons (Fsp3) is 0.133. The van der Waals surface area contributed by atoms with Crippen molar-refractivity contribution in [2.45, 2.75) is 10.9 Å². The summed E-state index contributed by atoms with van der Waals surface area (Å²) in [7, 11) is 1.92. The van der Waals surface area contributed by atoms with E-state index in [1.54, 1.807) is 18.0 Å². The van der Waals surface area contributed by atoms with Gasteiger partial charge in [0.2, 0.25) is 0 Å². The predicted molar refractivity (Wildman–Crippen MR) is 88.5 cm³/mol. The van der Waals surface area contributed by atoms with Crippen molar-refractivity contribution in [3.63, 3.8) is 0 Å². The van der Waals surface area contributed by atoms with E-state index in [0.717, 1.165) is 16.5 Å². The fourth-order valence-corrected chi connectivity index (χ4v) is 3.25. The van der Waals surface area contributed by atoms with Crippen LogP contribution in [0.4, 0.5) is 0 Å². The monoisotopic (exact) mass is 345 g/mol. The second kappa shape index (κ2) is 5.75. The molecule has 0 saturated carbocycles. The highest BCUT2D eigenvalue weighted by Gasteiger charge is 2.14. The lowest BCUT2D eigenvalue weighted by molar-refractivity contribution is 0.572. The van der Waals surface area contributed by atoms with Gasteiger partial charge in [0.15, 0.2) is 16.7 Å². The maximum absolute atomic E-state index is 5.99. The maximum atomic E-state index is 5.99. The summed E-state index contributed by atoms with van der Waals surface area (Å²) < 4.78 is 9.20. The van der Waals surface area contributed by atoms with Crippen molar-refractivity contribution in [1.82, 2.24) is 24.1 Å². The zero-order chi connectivity index (χ0) is 15.8. The summed E-state index contributed by atoms with van der Waals surface area (Å²) in [5.74, 6) is 2.11. The normalized spacial score (nSPS) is 11.4. The zero-order valence-electron chi connectivity index (χ0n) is 12.2. The van der Waals surface area contributed by atoms with Crippen molar-refractivity contribution in [1.29, 1.82) is 0 Å². The molecule has 6 nitrogen and oxygen atoms in total. The van der Waals surface area contributed by atoms with E-state index in [1.807, 2.05) is 52.7 Å². The molecule has 4 aromatic rings. The number of halogens is 1. The molecule has 0 fully saturated rings. The highest BCUT2D eigenvalue weighted by Crippen LogP contribution is 2.25. The van der Waals surface area contributed by atoms with Crippen molar-refractivity contribution in [3.8, 4) is 11.6 Å². The first-order valence-electron chi connectivity index (χ1n) is 6.90. The van der Waals surface area contributed by atoms with Crippen LogP contribution in [0, 0.1) is 0 Å². The largest absolute Gasteiger partial charge is 0.461 e. The zero-order valence-corrected chi connectivity index (χ0v) is 13.8. The van der Waals surface area contributed by atoms with Crippen molar-refractivity contribution >= 4 is 29.0 Å². The van der Waals surface area contributed by atoms with Crippen LogP contribution < -0.4 is 0 Å². The van der Waals surface area contributed by atoms with Crippen LogP contribution in [-0.2, 0) is 12.8 Å². The Morgan fingerprint density at radius 3 is 2.96 bits per heavy atom. The van der Waals surface area contributed by atoms with Crippen LogP contribution >= 0.6 is 23.4 Å². The van der Waals surface area contributed by atoms with Gasteiger partial charge in [0, 0.05) is 25.2 Å². The van der Waals surface area contributed by atoms with Crippen molar-refractivity contribution in [3.05, 3.63) is 53.6 Å². The molecule has 0 spiro atoms. The average Bonchev–Trinajstić information content (AvgIpc) is 3.24. The SMILES string of the molecule is Cn1c(SCc2cn3cc(Cl)ccc3n2)nnc1-c1ccco1. The van der Waals surface area contributed by atoms with Gasteiger partial charge in [-0.3, -0.25) is 0 Å². The number of imidazole rings is 1. The molecule has 23 heavy (non-hydrogen) atoms. The van der Waals surface area contributed by atoms with Gasteiger partial charge in [-0.2, -0.15) is 0 Å². The molecule has 0 amide bonds. The van der Waals surface area contributed by atoms with Gasteiger partial charge < -0.3 is 13.4 Å². The summed E-state index contributed by atoms with van der Waals surface area (Å²) in [4.78, 5) is 4.56. The first-order chi connectivity index (χ1) is 11.2. The van der Waals surface area contributed by atoms with Crippen LogP contribution in [0.5, 0.6) is 0 Å². The average molecular weight is 346 g/mol. The van der Waals surface area contributed by atoms with Gasteiger partial charge in [0.1, 0.15) is 5.65 Å². The topological polar surface area (TPSA) is 61.2 Å². The quantitative estimate of drug-likeness (QED) is 0.528. The summed E-state index contributed by atoms with van der Waals surface area (Å²) in [5.41, 5.74) is 1.83. The van der Waals surface area contributed by atoms with E-state index in [9.17, 15) is 0 Å². The lowest BCUT2D eigenvalue weighted by Crippen LogP contribution is -1.94. The van der Waals surface area contributed by atoms with Crippen LogP contribution in [0.15, 0.2) is 52.5 Å². The number of hydrogen-bond acceptors (Lipinski definition) is 5. The number of furan rings is 1. The van der Waals surface area contributed by atoms with Crippen LogP contribution in [0.2, 0.25) is 5.02 Å². The summed E-state index contributed by atoms with van der Waals surface area (Å²) in [6.45, 7) is 0. The lowest BCUT2D eigenvalue weighted by atomic mass is 10.4. The first kappa shape index (κ1) is 14.3. The molecule has 0 aliphatic heterocycles. The first-order valence-corrected chi connectivity index (χ1v) is 8.26. The molecule has 0 atom stereocenters. The summed E-state index contributed by atoms with van der Waals surface area (Å²) in [6, 6.07) is 7.43. The van der Waals surface area contributed by atoms with Gasteiger partial charge in [0.25, 0.3) is 0 Å². The molecule has 0 saturated heterocycles. The van der Waals surface area contributed by atoms with E-state index in [1.165, 1.54) is 0 Å². The van der Waals surface area contributed by atoms with Crippen LogP contribution in [0.1, 0.15) is 5.69 Å². The third-order valence-electron chi connectivity index (χ3n) is 3.39. The molecular formula is C15H12ClN5OS. The minimum absolute atomic E-state index is 0.686. The third kappa shape index (κ3) is 2.73. The van der Waals surface area contributed by atoms with Gasteiger partial charge in [0.05, 0.1) is 17.0 Å². The highest BCUT2D eigenvalue weighted by molar-refractivity contribution is 7.98. The predicted octanol–water partition coefficient (Wildman–Crippen LogP) is 3.67.